The van der Waals surface area contributed by atoms with E-state index in [1.165, 1.54) is 0 Å². The quantitative estimate of drug-likeness (QED) is 0.366. The van der Waals surface area contributed by atoms with Gasteiger partial charge in [0.25, 0.3) is 0 Å². The zero-order valence-corrected chi connectivity index (χ0v) is 5.73. The second-order valence-electron chi connectivity index (χ2n) is 0.899. The second kappa shape index (κ2) is 4.16. The first-order valence-corrected chi connectivity index (χ1v) is 3.99. The van der Waals surface area contributed by atoms with Crippen LogP contribution in [0.15, 0.2) is 0 Å². The van der Waals surface area contributed by atoms with Crippen LogP contribution in [0.5, 0.6) is 0 Å². The maximum absolute atomic E-state index is 9.95. The van der Waals surface area contributed by atoms with Gasteiger partial charge in [0.2, 0.25) is 0 Å². The zero-order valence-electron chi connectivity index (χ0n) is 4.17. The van der Waals surface area contributed by atoms with Gasteiger partial charge in [0, 0.05) is 0 Å². The first kappa shape index (κ1) is 8.25. The fourth-order valence-corrected chi connectivity index (χ4v) is 0.562. The molecule has 0 heterocycles. The summed E-state index contributed by atoms with van der Waals surface area (Å²) in [6, 6.07) is 0. The van der Waals surface area contributed by atoms with E-state index in [1.807, 2.05) is 0 Å². The number of aliphatic carboxylic acids is 1. The summed E-state index contributed by atoms with van der Waals surface area (Å²) in [7, 11) is 0. The molecule has 38 valence electrons. The number of rotatable bonds is 1. The maximum atomic E-state index is 9.95. The van der Waals surface area contributed by atoms with Crippen LogP contribution in [0.1, 0.15) is 0 Å². The van der Waals surface area contributed by atoms with Gasteiger partial charge in [-0.25, -0.2) is 0 Å². The molecule has 0 aromatic heterocycles. The molecule has 6 heteroatoms. The van der Waals surface area contributed by atoms with Crippen LogP contribution in [-0.4, -0.2) is 31.8 Å². The van der Waals surface area contributed by atoms with Gasteiger partial charge in [-0.3, -0.25) is 0 Å². The van der Waals surface area contributed by atoms with E-state index in [9.17, 15) is 9.59 Å². The molecular formula is C2HLiO4Ti. The number of hydrogen-bond acceptors (Lipinski definition) is 3. The number of carboxylic acids is 1. The van der Waals surface area contributed by atoms with E-state index in [-0.39, 0.29) is 0 Å². The molecule has 0 fully saturated rings. The Morgan fingerprint density at radius 1 is 1.62 bits per heavy atom. The summed E-state index contributed by atoms with van der Waals surface area (Å²) < 4.78 is 4.19. The molecule has 0 aliphatic carbocycles. The normalized spacial score (nSPS) is 7.75. The summed E-state index contributed by atoms with van der Waals surface area (Å²) >= 11 is 0.862. The molecule has 0 aliphatic heterocycles. The average molecular weight is 144 g/mol. The Labute approximate surface area is 61.7 Å². The van der Waals surface area contributed by atoms with Crippen molar-refractivity contribution in [3.05, 3.63) is 0 Å². The molecule has 0 aliphatic rings. The first-order chi connectivity index (χ1) is 3.68. The Morgan fingerprint density at radius 3 is 2.25 bits per heavy atom. The van der Waals surface area contributed by atoms with Crippen LogP contribution in [0.3, 0.4) is 0 Å². The number of carbonyl (C=O) groups is 2. The van der Waals surface area contributed by atoms with Gasteiger partial charge in [0.15, 0.2) is 0 Å². The van der Waals surface area contributed by atoms with Gasteiger partial charge in [0.05, 0.1) is 0 Å². The van der Waals surface area contributed by atoms with E-state index < -0.39 is 28.9 Å². The van der Waals surface area contributed by atoms with Crippen LogP contribution in [-0.2, 0) is 29.9 Å². The van der Waals surface area contributed by atoms with E-state index in [2.05, 4.69) is 3.32 Å². The van der Waals surface area contributed by atoms with Gasteiger partial charge < -0.3 is 0 Å². The molecule has 0 saturated heterocycles. The van der Waals surface area contributed by atoms with Crippen LogP contribution in [0.4, 0.5) is 0 Å². The molecule has 8 heavy (non-hydrogen) atoms. The van der Waals surface area contributed by atoms with Crippen molar-refractivity contribution in [1.82, 2.24) is 0 Å². The van der Waals surface area contributed by atoms with Crippen molar-refractivity contribution in [2.75, 3.05) is 0 Å². The number of hydrogen-bond donors (Lipinski definition) is 1. The van der Waals surface area contributed by atoms with E-state index in [1.54, 1.807) is 14.8 Å². The van der Waals surface area contributed by atoms with Gasteiger partial charge >= 0.3 is 61.7 Å². The first-order valence-electron chi connectivity index (χ1n) is 1.79. The third kappa shape index (κ3) is 3.28. The van der Waals surface area contributed by atoms with Crippen LogP contribution < -0.4 is 0 Å². The van der Waals surface area contributed by atoms with E-state index in [0.29, 0.717) is 0 Å². The van der Waals surface area contributed by atoms with Crippen LogP contribution in [0.25, 0.3) is 0 Å². The van der Waals surface area contributed by atoms with Crippen LogP contribution in [0.2, 0.25) is 0 Å². The van der Waals surface area contributed by atoms with Crippen molar-refractivity contribution < 1.29 is 35.0 Å². The van der Waals surface area contributed by atoms with Crippen molar-refractivity contribution in [2.45, 2.75) is 0 Å². The molecular weight excluding hydrogens is 143 g/mol. The van der Waals surface area contributed by atoms with Gasteiger partial charge in [-0.05, 0) is 0 Å². The summed E-state index contributed by atoms with van der Waals surface area (Å²) in [6.07, 6.45) is 0. The topological polar surface area (TPSA) is 63.6 Å². The molecule has 0 radical (unpaired) electrons. The summed E-state index contributed by atoms with van der Waals surface area (Å²) in [5, 5.41) is 7.86. The molecule has 0 unspecified atom stereocenters. The molecule has 1 N–H and O–H groups in total. The Kier molecular flexibility index (Phi) is 4.29. The molecule has 0 aromatic rings. The summed E-state index contributed by atoms with van der Waals surface area (Å²) in [5.41, 5.74) is 0. The fraction of sp³-hybridized carbons (Fsp3) is 0. The van der Waals surface area contributed by atoms with Gasteiger partial charge in [-0.1, -0.05) is 0 Å². The Bertz CT molecular complexity index is 113. The third-order valence-corrected chi connectivity index (χ3v) is 0.978. The molecule has 0 rings (SSSR count). The molecule has 0 saturated carbocycles. The summed E-state index contributed by atoms with van der Waals surface area (Å²) in [4.78, 5) is 19.6. The van der Waals surface area contributed by atoms with E-state index >= 15 is 0 Å². The molecule has 0 spiro atoms. The van der Waals surface area contributed by atoms with Crippen LogP contribution >= 0.6 is 0 Å². The van der Waals surface area contributed by atoms with Crippen molar-refractivity contribution >= 4 is 26.7 Å². The molecule has 0 amide bonds. The SMILES string of the molecule is [Li][Ti][O]C(=O)C(=O)O. The van der Waals surface area contributed by atoms with E-state index in [0.717, 1.165) is 0 Å². The van der Waals surface area contributed by atoms with Gasteiger partial charge in [0.1, 0.15) is 0 Å². The fourth-order valence-electron chi connectivity index (χ4n) is 0.136. The number of carbonyl (C=O) groups excluding carboxylic acids is 1. The molecule has 0 aromatic carbocycles. The Morgan fingerprint density at radius 2 is 2.12 bits per heavy atom. The van der Waals surface area contributed by atoms with Crippen molar-refractivity contribution in [1.29, 1.82) is 0 Å². The molecule has 4 nitrogen and oxygen atoms in total. The molecule has 0 bridgehead atoms. The van der Waals surface area contributed by atoms with Crippen molar-refractivity contribution in [3.63, 3.8) is 0 Å². The molecule has 0 atom stereocenters. The summed E-state index contributed by atoms with van der Waals surface area (Å²) in [5.74, 6) is -2.66. The predicted octanol–water partition coefficient (Wildman–Crippen LogP) is -1.30. The minimum absolute atomic E-state index is 0.806. The Balaban J connectivity index is 3.49. The third-order valence-electron chi connectivity index (χ3n) is 0.369. The second-order valence-corrected chi connectivity index (χ2v) is 1.86. The van der Waals surface area contributed by atoms with Gasteiger partial charge in [-0.2, -0.15) is 0 Å². The van der Waals surface area contributed by atoms with E-state index in [4.69, 9.17) is 5.11 Å². The van der Waals surface area contributed by atoms with Crippen LogP contribution in [0, 0.1) is 0 Å². The standard InChI is InChI=1S/C2H2O4.Li.Ti/c3-1(4)2(5)6;;/h(H,3,4)(H,5,6);;/q;;+1/p-1. The Hall–Kier alpha value is 0.252. The monoisotopic (exact) mass is 144 g/mol. The van der Waals surface area contributed by atoms with Crippen molar-refractivity contribution in [2.24, 2.45) is 0 Å². The van der Waals surface area contributed by atoms with Gasteiger partial charge in [-0.15, -0.1) is 0 Å². The minimum atomic E-state index is -1.52. The summed E-state index contributed by atoms with van der Waals surface area (Å²) in [6.45, 7) is 0. The average Bonchev–Trinajstić information content (AvgIpc) is 1.67. The van der Waals surface area contributed by atoms with Crippen molar-refractivity contribution in [3.8, 4) is 0 Å². The zero-order chi connectivity index (χ0) is 6.57. The number of carboxylic acid groups (broad SMARTS) is 1. The predicted molar refractivity (Wildman–Crippen MR) is 19.5 cm³/mol.